The monoisotopic (exact) mass is 285 g/mol. The Balaban J connectivity index is 2.39. The van der Waals surface area contributed by atoms with E-state index < -0.39 is 17.5 Å². The number of hydrogen-bond donors (Lipinski definition) is 0. The molecular formula is C15H18F3NO. The third-order valence-corrected chi connectivity index (χ3v) is 4.22. The molecule has 1 aliphatic carbocycles. The molecule has 2 nitrogen and oxygen atoms in total. The van der Waals surface area contributed by atoms with Crippen molar-refractivity contribution in [3.05, 3.63) is 29.6 Å². The van der Waals surface area contributed by atoms with Gasteiger partial charge in [0.15, 0.2) is 5.78 Å². The van der Waals surface area contributed by atoms with Crippen LogP contribution in [0.5, 0.6) is 0 Å². The minimum atomic E-state index is -4.52. The molecule has 0 bridgehead atoms. The first kappa shape index (κ1) is 15.0. The Morgan fingerprint density at radius 1 is 1.35 bits per heavy atom. The predicted molar refractivity (Wildman–Crippen MR) is 69.3 cm³/mol. The van der Waals surface area contributed by atoms with Crippen LogP contribution in [0.3, 0.4) is 0 Å². The van der Waals surface area contributed by atoms with Crippen LogP contribution < -0.4 is 0 Å². The van der Waals surface area contributed by atoms with Crippen molar-refractivity contribution in [2.75, 3.05) is 0 Å². The molecule has 1 atom stereocenters. The van der Waals surface area contributed by atoms with E-state index in [1.807, 2.05) is 13.8 Å². The molecule has 0 aromatic carbocycles. The van der Waals surface area contributed by atoms with Crippen LogP contribution in [0.15, 0.2) is 18.5 Å². The molecule has 1 saturated carbocycles. The number of aromatic nitrogens is 1. The molecule has 1 unspecified atom stereocenters. The van der Waals surface area contributed by atoms with Crippen molar-refractivity contribution in [3.8, 4) is 0 Å². The molecule has 0 spiro atoms. The van der Waals surface area contributed by atoms with Gasteiger partial charge in [0, 0.05) is 23.9 Å². The lowest BCUT2D eigenvalue weighted by molar-refractivity contribution is -0.138. The van der Waals surface area contributed by atoms with E-state index in [0.717, 1.165) is 37.7 Å². The van der Waals surface area contributed by atoms with Crippen LogP contribution in [0.4, 0.5) is 13.2 Å². The number of alkyl halides is 3. The molecule has 0 saturated heterocycles. The van der Waals surface area contributed by atoms with E-state index in [1.165, 1.54) is 0 Å². The summed E-state index contributed by atoms with van der Waals surface area (Å²) in [6.45, 7) is 3.91. The van der Waals surface area contributed by atoms with Crippen LogP contribution in [0.2, 0.25) is 0 Å². The van der Waals surface area contributed by atoms with Crippen molar-refractivity contribution < 1.29 is 18.0 Å². The van der Waals surface area contributed by atoms with Crippen molar-refractivity contribution in [2.45, 2.75) is 45.7 Å². The summed E-state index contributed by atoms with van der Waals surface area (Å²) in [5.74, 6) is -0.781. The van der Waals surface area contributed by atoms with Crippen LogP contribution in [-0.2, 0) is 6.18 Å². The van der Waals surface area contributed by atoms with Gasteiger partial charge in [-0.1, -0.05) is 26.7 Å². The number of carbonyl (C=O) groups is 1. The van der Waals surface area contributed by atoms with Gasteiger partial charge in [0.25, 0.3) is 0 Å². The lowest BCUT2D eigenvalue weighted by Gasteiger charge is -2.37. The highest BCUT2D eigenvalue weighted by atomic mass is 19.4. The van der Waals surface area contributed by atoms with Gasteiger partial charge in [-0.3, -0.25) is 9.78 Å². The normalized spacial score (nSPS) is 22.6. The number of carbonyl (C=O) groups excluding carboxylic acids is 1. The second-order valence-electron chi connectivity index (χ2n) is 6.07. The maximum atomic E-state index is 13.0. The molecule has 1 aromatic rings. The average molecular weight is 285 g/mol. The first-order chi connectivity index (χ1) is 9.23. The van der Waals surface area contributed by atoms with Gasteiger partial charge in [-0.25, -0.2) is 0 Å². The van der Waals surface area contributed by atoms with Crippen LogP contribution in [0.1, 0.15) is 55.5 Å². The number of rotatable bonds is 2. The first-order valence-corrected chi connectivity index (χ1v) is 6.79. The number of pyridine rings is 1. The zero-order valence-electron chi connectivity index (χ0n) is 11.6. The topological polar surface area (TPSA) is 30.0 Å². The second-order valence-corrected chi connectivity index (χ2v) is 6.07. The van der Waals surface area contributed by atoms with Crippen LogP contribution in [0.25, 0.3) is 0 Å². The smallest absolute Gasteiger partial charge is 0.294 e. The van der Waals surface area contributed by atoms with E-state index in [9.17, 15) is 18.0 Å². The van der Waals surface area contributed by atoms with Gasteiger partial charge in [-0.2, -0.15) is 13.2 Å². The van der Waals surface area contributed by atoms with Crippen LogP contribution in [-0.4, -0.2) is 10.8 Å². The summed E-state index contributed by atoms with van der Waals surface area (Å²) >= 11 is 0. The molecular weight excluding hydrogens is 267 g/mol. The second kappa shape index (κ2) is 5.19. The van der Waals surface area contributed by atoms with Gasteiger partial charge in [0.05, 0.1) is 5.56 Å². The Bertz CT molecular complexity index is 508. The van der Waals surface area contributed by atoms with Crippen molar-refractivity contribution in [3.63, 3.8) is 0 Å². The minimum absolute atomic E-state index is 0.256. The van der Waals surface area contributed by atoms with Crippen molar-refractivity contribution >= 4 is 5.78 Å². The van der Waals surface area contributed by atoms with E-state index in [1.54, 1.807) is 0 Å². The van der Waals surface area contributed by atoms with Gasteiger partial charge in [-0.15, -0.1) is 0 Å². The summed E-state index contributed by atoms with van der Waals surface area (Å²) in [5, 5.41) is 0. The number of ketones is 1. The maximum absolute atomic E-state index is 13.0. The molecule has 1 aliphatic rings. The molecule has 0 aliphatic heterocycles. The van der Waals surface area contributed by atoms with Crippen molar-refractivity contribution in [1.82, 2.24) is 4.98 Å². The summed E-state index contributed by atoms with van der Waals surface area (Å²) in [4.78, 5) is 16.2. The molecule has 20 heavy (non-hydrogen) atoms. The highest BCUT2D eigenvalue weighted by Crippen LogP contribution is 2.43. The molecule has 1 aromatic heterocycles. The Labute approximate surface area is 116 Å². The molecule has 0 N–H and O–H groups in total. The summed E-state index contributed by atoms with van der Waals surface area (Å²) in [7, 11) is 0. The fraction of sp³-hybridized carbons (Fsp3) is 0.600. The highest BCUT2D eigenvalue weighted by molar-refractivity contribution is 5.99. The third-order valence-electron chi connectivity index (χ3n) is 4.22. The van der Waals surface area contributed by atoms with E-state index in [0.29, 0.717) is 6.42 Å². The predicted octanol–water partition coefficient (Wildman–Crippen LogP) is 4.50. The van der Waals surface area contributed by atoms with E-state index in [2.05, 4.69) is 4.98 Å². The standard InChI is InChI=1S/C15H18F3NO/c1-14(2)7-4-3-5-12(14)13(20)10-9-19-8-6-11(10)15(16,17)18/h6,8-9,12H,3-5,7H2,1-2H3. The number of hydrogen-bond acceptors (Lipinski definition) is 2. The number of nitrogens with zero attached hydrogens (tertiary/aromatic N) is 1. The van der Waals surface area contributed by atoms with Gasteiger partial charge in [0.2, 0.25) is 0 Å². The summed E-state index contributed by atoms with van der Waals surface area (Å²) in [6.07, 6.45) is 1.04. The van der Waals surface area contributed by atoms with E-state index in [-0.39, 0.29) is 16.9 Å². The highest BCUT2D eigenvalue weighted by Gasteiger charge is 2.41. The third kappa shape index (κ3) is 2.86. The molecule has 5 heteroatoms. The van der Waals surface area contributed by atoms with Crippen LogP contribution in [0, 0.1) is 11.3 Å². The van der Waals surface area contributed by atoms with E-state index in [4.69, 9.17) is 0 Å². The fourth-order valence-corrected chi connectivity index (χ4v) is 3.01. The van der Waals surface area contributed by atoms with Crippen LogP contribution >= 0.6 is 0 Å². The molecule has 110 valence electrons. The maximum Gasteiger partial charge on any atom is 0.417 e. The Kier molecular flexibility index (Phi) is 3.89. The van der Waals surface area contributed by atoms with Gasteiger partial charge < -0.3 is 0 Å². The summed E-state index contributed by atoms with van der Waals surface area (Å²) in [5.41, 5.74) is -1.42. The molecule has 2 rings (SSSR count). The summed E-state index contributed by atoms with van der Waals surface area (Å²) in [6, 6.07) is 0.878. The first-order valence-electron chi connectivity index (χ1n) is 6.79. The lowest BCUT2D eigenvalue weighted by Crippen LogP contribution is -2.35. The number of Topliss-reactive ketones (excluding diaryl/α,β-unsaturated/α-hetero) is 1. The zero-order valence-corrected chi connectivity index (χ0v) is 11.6. The van der Waals surface area contributed by atoms with E-state index >= 15 is 0 Å². The Morgan fingerprint density at radius 3 is 2.65 bits per heavy atom. The zero-order chi connectivity index (χ0) is 15.0. The van der Waals surface area contributed by atoms with Gasteiger partial charge in [0.1, 0.15) is 0 Å². The van der Waals surface area contributed by atoms with Gasteiger partial charge >= 0.3 is 6.18 Å². The molecule has 0 amide bonds. The number of halogens is 3. The Morgan fingerprint density at radius 2 is 2.05 bits per heavy atom. The minimum Gasteiger partial charge on any atom is -0.294 e. The summed E-state index contributed by atoms with van der Waals surface area (Å²) < 4.78 is 39.0. The largest absolute Gasteiger partial charge is 0.417 e. The van der Waals surface area contributed by atoms with Crippen molar-refractivity contribution in [2.24, 2.45) is 11.3 Å². The van der Waals surface area contributed by atoms with Crippen molar-refractivity contribution in [1.29, 1.82) is 0 Å². The lowest BCUT2D eigenvalue weighted by atomic mass is 9.66. The molecule has 0 radical (unpaired) electrons. The SMILES string of the molecule is CC1(C)CCCCC1C(=O)c1cnccc1C(F)(F)F. The molecule has 1 heterocycles. The Hall–Kier alpha value is -1.39. The fourth-order valence-electron chi connectivity index (χ4n) is 3.01. The molecule has 1 fully saturated rings. The quantitative estimate of drug-likeness (QED) is 0.749. The average Bonchev–Trinajstić information content (AvgIpc) is 2.36. The van der Waals surface area contributed by atoms with Gasteiger partial charge in [-0.05, 0) is 24.3 Å².